The Labute approximate surface area is 118 Å². The molecule has 4 heteroatoms. The van der Waals surface area contributed by atoms with Crippen LogP contribution in [0.3, 0.4) is 0 Å². The van der Waals surface area contributed by atoms with Crippen molar-refractivity contribution in [1.82, 2.24) is 0 Å². The van der Waals surface area contributed by atoms with E-state index in [-0.39, 0.29) is 10.7 Å². The van der Waals surface area contributed by atoms with Crippen LogP contribution in [0, 0.1) is 11.8 Å². The maximum atomic E-state index is 12.3. The third-order valence-electron chi connectivity index (χ3n) is 3.15. The normalized spacial score (nSPS) is 21.6. The number of nitrogens with two attached hydrogens (primary N) is 1. The second-order valence-electron chi connectivity index (χ2n) is 4.72. The minimum absolute atomic E-state index is 0.0823. The highest BCUT2D eigenvalue weighted by Crippen LogP contribution is 2.38. The number of thioether (sulfide) groups is 1. The monoisotopic (exact) mass is 274 g/mol. The van der Waals surface area contributed by atoms with Crippen molar-refractivity contribution in [3.05, 3.63) is 29.8 Å². The highest BCUT2D eigenvalue weighted by atomic mass is 32.2. The zero-order valence-corrected chi connectivity index (χ0v) is 11.8. The molecule has 1 saturated heterocycles. The van der Waals surface area contributed by atoms with Crippen molar-refractivity contribution >= 4 is 23.4 Å². The van der Waals surface area contributed by atoms with E-state index in [1.54, 1.807) is 11.8 Å². The quantitative estimate of drug-likeness (QED) is 0.813. The number of carbonyl (C=O) groups excluding carboxylic acids is 1. The molecule has 0 bridgehead atoms. The molecule has 100 valence electrons. The van der Waals surface area contributed by atoms with Crippen LogP contribution in [0.1, 0.15) is 25.3 Å². The summed E-state index contributed by atoms with van der Waals surface area (Å²) in [5.41, 5.74) is 7.01. The molecular formula is C15H18N2OS. The van der Waals surface area contributed by atoms with Crippen LogP contribution >= 0.6 is 11.8 Å². The van der Waals surface area contributed by atoms with Crippen molar-refractivity contribution in [1.29, 1.82) is 0 Å². The first-order valence-electron chi connectivity index (χ1n) is 6.38. The van der Waals surface area contributed by atoms with Crippen LogP contribution in [0.2, 0.25) is 0 Å². The Bertz CT molecular complexity index is 524. The average Bonchev–Trinajstić information content (AvgIpc) is 2.85. The molecule has 3 nitrogen and oxygen atoms in total. The fourth-order valence-electron chi connectivity index (χ4n) is 2.05. The highest BCUT2D eigenvalue weighted by Gasteiger charge is 2.37. The smallest absolute Gasteiger partial charge is 0.240 e. The van der Waals surface area contributed by atoms with Crippen LogP contribution in [0.25, 0.3) is 0 Å². The fraction of sp³-hybridized carbons (Fsp3) is 0.400. The molecule has 0 saturated carbocycles. The molecule has 1 aliphatic rings. The summed E-state index contributed by atoms with van der Waals surface area (Å²) in [6.45, 7) is 2.35. The maximum Gasteiger partial charge on any atom is 0.240 e. The Morgan fingerprint density at radius 2 is 2.42 bits per heavy atom. The van der Waals surface area contributed by atoms with Gasteiger partial charge in [-0.15, -0.1) is 11.8 Å². The number of carbonyl (C=O) groups is 1. The van der Waals surface area contributed by atoms with Crippen molar-refractivity contribution in [2.24, 2.45) is 5.73 Å². The van der Waals surface area contributed by atoms with Gasteiger partial charge in [-0.25, -0.2) is 0 Å². The Morgan fingerprint density at radius 1 is 1.58 bits per heavy atom. The third kappa shape index (κ3) is 3.52. The zero-order chi connectivity index (χ0) is 13.7. The molecule has 1 atom stereocenters. The van der Waals surface area contributed by atoms with Crippen molar-refractivity contribution in [2.75, 3.05) is 17.6 Å². The van der Waals surface area contributed by atoms with Gasteiger partial charge in [-0.3, -0.25) is 4.79 Å². The Kier molecular flexibility index (Phi) is 4.52. The molecule has 0 aromatic heterocycles. The van der Waals surface area contributed by atoms with Gasteiger partial charge in [0.05, 0.1) is 11.3 Å². The first-order chi connectivity index (χ1) is 9.14. The van der Waals surface area contributed by atoms with E-state index in [0.29, 0.717) is 6.54 Å². The molecule has 1 aliphatic heterocycles. The van der Waals surface area contributed by atoms with Crippen LogP contribution < -0.4 is 11.1 Å². The van der Waals surface area contributed by atoms with Gasteiger partial charge in [0.2, 0.25) is 5.91 Å². The predicted molar refractivity (Wildman–Crippen MR) is 81.1 cm³/mol. The summed E-state index contributed by atoms with van der Waals surface area (Å²) in [6, 6.07) is 7.56. The van der Waals surface area contributed by atoms with Crippen molar-refractivity contribution < 1.29 is 4.79 Å². The first kappa shape index (κ1) is 14.0. The molecule has 19 heavy (non-hydrogen) atoms. The van der Waals surface area contributed by atoms with Crippen LogP contribution in [0.15, 0.2) is 24.3 Å². The molecule has 1 fully saturated rings. The lowest BCUT2D eigenvalue weighted by Gasteiger charge is -2.21. The Hall–Kier alpha value is -1.44. The number of hydrogen-bond donors (Lipinski definition) is 2. The number of amides is 1. The van der Waals surface area contributed by atoms with Gasteiger partial charge < -0.3 is 11.1 Å². The third-order valence-corrected chi connectivity index (χ3v) is 4.67. The fourth-order valence-corrected chi connectivity index (χ4v) is 3.26. The molecule has 2 rings (SSSR count). The molecule has 3 N–H and O–H groups in total. The predicted octanol–water partition coefficient (Wildman–Crippen LogP) is 2.22. The van der Waals surface area contributed by atoms with Gasteiger partial charge >= 0.3 is 0 Å². The van der Waals surface area contributed by atoms with Crippen LogP contribution in [-0.2, 0) is 4.79 Å². The maximum absolute atomic E-state index is 12.3. The summed E-state index contributed by atoms with van der Waals surface area (Å²) in [5, 5.41) is 2.98. The van der Waals surface area contributed by atoms with Gasteiger partial charge in [0.25, 0.3) is 0 Å². The Morgan fingerprint density at radius 3 is 3.11 bits per heavy atom. The second kappa shape index (κ2) is 6.14. The van der Waals surface area contributed by atoms with Crippen molar-refractivity contribution in [3.8, 4) is 11.8 Å². The average molecular weight is 274 g/mol. The van der Waals surface area contributed by atoms with E-state index >= 15 is 0 Å². The molecule has 0 radical (unpaired) electrons. The minimum Gasteiger partial charge on any atom is -0.325 e. The number of anilines is 1. The standard InChI is InChI=1S/C15H18N2OS/c1-15(8-4-10-19-15)14(18)17-13-7-2-5-12(11-13)6-3-9-16/h2,5,7,11H,4,8-10,16H2,1H3,(H,17,18). The van der Waals surface area contributed by atoms with Crippen LogP contribution in [0.5, 0.6) is 0 Å². The lowest BCUT2D eigenvalue weighted by Crippen LogP contribution is -2.34. The van der Waals surface area contributed by atoms with E-state index in [4.69, 9.17) is 5.73 Å². The van der Waals surface area contributed by atoms with E-state index in [1.165, 1.54) is 0 Å². The van der Waals surface area contributed by atoms with Crippen LogP contribution in [-0.4, -0.2) is 23.0 Å². The van der Waals surface area contributed by atoms with Gasteiger partial charge in [-0.1, -0.05) is 17.9 Å². The van der Waals surface area contributed by atoms with Crippen molar-refractivity contribution in [3.63, 3.8) is 0 Å². The number of nitrogens with one attached hydrogen (secondary N) is 1. The van der Waals surface area contributed by atoms with Gasteiger partial charge in [0.15, 0.2) is 0 Å². The molecule has 0 spiro atoms. The van der Waals surface area contributed by atoms with Crippen molar-refractivity contribution in [2.45, 2.75) is 24.5 Å². The number of rotatable bonds is 2. The van der Waals surface area contributed by atoms with E-state index in [0.717, 1.165) is 29.8 Å². The summed E-state index contributed by atoms with van der Waals surface area (Å²) in [5.74, 6) is 6.92. The summed E-state index contributed by atoms with van der Waals surface area (Å²) in [4.78, 5) is 12.3. The molecule has 1 aromatic carbocycles. The largest absolute Gasteiger partial charge is 0.325 e. The molecule has 1 heterocycles. The summed E-state index contributed by atoms with van der Waals surface area (Å²) < 4.78 is -0.293. The van der Waals surface area contributed by atoms with Gasteiger partial charge in [0, 0.05) is 11.3 Å². The summed E-state index contributed by atoms with van der Waals surface area (Å²) in [7, 11) is 0. The summed E-state index contributed by atoms with van der Waals surface area (Å²) >= 11 is 1.73. The van der Waals surface area contributed by atoms with Gasteiger partial charge in [-0.05, 0) is 43.7 Å². The van der Waals surface area contributed by atoms with E-state index in [1.807, 2.05) is 31.2 Å². The van der Waals surface area contributed by atoms with Gasteiger partial charge in [0.1, 0.15) is 0 Å². The first-order valence-corrected chi connectivity index (χ1v) is 7.37. The van der Waals surface area contributed by atoms with E-state index in [2.05, 4.69) is 17.2 Å². The zero-order valence-electron chi connectivity index (χ0n) is 11.0. The van der Waals surface area contributed by atoms with E-state index < -0.39 is 0 Å². The van der Waals surface area contributed by atoms with Gasteiger partial charge in [-0.2, -0.15) is 0 Å². The molecule has 1 aromatic rings. The molecule has 1 unspecified atom stereocenters. The topological polar surface area (TPSA) is 55.1 Å². The Balaban J connectivity index is 2.08. The molecular weight excluding hydrogens is 256 g/mol. The lowest BCUT2D eigenvalue weighted by molar-refractivity contribution is -0.118. The lowest BCUT2D eigenvalue weighted by atomic mass is 10.0. The second-order valence-corrected chi connectivity index (χ2v) is 6.32. The summed E-state index contributed by atoms with van der Waals surface area (Å²) in [6.07, 6.45) is 2.05. The molecule has 0 aliphatic carbocycles. The number of hydrogen-bond acceptors (Lipinski definition) is 3. The minimum atomic E-state index is -0.293. The van der Waals surface area contributed by atoms with E-state index in [9.17, 15) is 4.79 Å². The van der Waals surface area contributed by atoms with Crippen LogP contribution in [0.4, 0.5) is 5.69 Å². The SMILES string of the molecule is CC1(C(=O)Nc2cccc(C#CCN)c2)CCCS1. The molecule has 1 amide bonds. The number of benzene rings is 1. The highest BCUT2D eigenvalue weighted by molar-refractivity contribution is 8.01.